The molecule has 3 heterocycles. The van der Waals surface area contributed by atoms with Crippen LogP contribution in [0.4, 0.5) is 17.5 Å². The van der Waals surface area contributed by atoms with Crippen molar-refractivity contribution in [2.45, 2.75) is 46.0 Å². The van der Waals surface area contributed by atoms with Crippen LogP contribution in [0.15, 0.2) is 24.5 Å². The summed E-state index contributed by atoms with van der Waals surface area (Å²) in [7, 11) is 1.96. The fraction of sp³-hybridized carbons (Fsp3) is 0.478. The molecular weight excluding hydrogens is 374 g/mol. The molecule has 0 spiro atoms. The first-order valence-corrected chi connectivity index (χ1v) is 10.5. The lowest BCUT2D eigenvalue weighted by Gasteiger charge is -2.29. The Labute approximate surface area is 177 Å². The number of aromatic nitrogens is 4. The Balaban J connectivity index is 1.74. The van der Waals surface area contributed by atoms with Gasteiger partial charge >= 0.3 is 0 Å². The third kappa shape index (κ3) is 3.82. The molecule has 1 aliphatic heterocycles. The van der Waals surface area contributed by atoms with Crippen molar-refractivity contribution in [1.29, 1.82) is 5.26 Å². The van der Waals surface area contributed by atoms with Crippen LogP contribution in [0.25, 0.3) is 11.2 Å². The van der Waals surface area contributed by atoms with Gasteiger partial charge in [0.1, 0.15) is 5.52 Å². The summed E-state index contributed by atoms with van der Waals surface area (Å²) >= 11 is 0. The van der Waals surface area contributed by atoms with E-state index in [0.717, 1.165) is 48.5 Å². The molecule has 1 saturated heterocycles. The summed E-state index contributed by atoms with van der Waals surface area (Å²) in [5.74, 6) is 1.55. The van der Waals surface area contributed by atoms with Crippen LogP contribution in [0, 0.1) is 24.2 Å². The fourth-order valence-electron chi connectivity index (χ4n) is 3.83. The van der Waals surface area contributed by atoms with Crippen molar-refractivity contribution in [3.63, 3.8) is 0 Å². The molecule has 0 atom stereocenters. The van der Waals surface area contributed by atoms with Crippen LogP contribution >= 0.6 is 0 Å². The van der Waals surface area contributed by atoms with Gasteiger partial charge in [-0.15, -0.1) is 0 Å². The second kappa shape index (κ2) is 7.60. The molecule has 0 saturated carbocycles. The summed E-state index contributed by atoms with van der Waals surface area (Å²) in [6.45, 7) is 10.3. The summed E-state index contributed by atoms with van der Waals surface area (Å²) in [4.78, 5) is 16.2. The average Bonchev–Trinajstić information content (AvgIpc) is 3.10. The maximum Gasteiger partial charge on any atom is 0.229 e. The van der Waals surface area contributed by atoms with Gasteiger partial charge in [0.05, 0.1) is 12.4 Å². The molecule has 7 nitrogen and oxygen atoms in total. The Morgan fingerprint density at radius 2 is 1.90 bits per heavy atom. The van der Waals surface area contributed by atoms with E-state index >= 15 is 0 Å². The topological polar surface area (TPSA) is 82.7 Å². The smallest absolute Gasteiger partial charge is 0.229 e. The Morgan fingerprint density at radius 3 is 2.57 bits per heavy atom. The van der Waals surface area contributed by atoms with Gasteiger partial charge in [0.25, 0.3) is 0 Å². The number of nitriles is 1. The first kappa shape index (κ1) is 20.1. The second-order valence-electron chi connectivity index (χ2n) is 9.20. The van der Waals surface area contributed by atoms with Crippen LogP contribution in [-0.2, 0) is 12.5 Å². The molecule has 3 aromatic rings. The van der Waals surface area contributed by atoms with E-state index in [0.29, 0.717) is 11.6 Å². The van der Waals surface area contributed by atoms with E-state index in [9.17, 15) is 5.26 Å². The lowest BCUT2D eigenvalue weighted by Crippen LogP contribution is -2.34. The maximum absolute atomic E-state index is 9.18. The van der Waals surface area contributed by atoms with E-state index < -0.39 is 0 Å². The van der Waals surface area contributed by atoms with Gasteiger partial charge < -0.3 is 14.8 Å². The number of rotatable bonds is 3. The first-order valence-electron chi connectivity index (χ1n) is 10.5. The number of imidazole rings is 1. The summed E-state index contributed by atoms with van der Waals surface area (Å²) in [5, 5.41) is 12.7. The van der Waals surface area contributed by atoms with Crippen molar-refractivity contribution in [3.8, 4) is 6.07 Å². The molecule has 1 aromatic carbocycles. The quantitative estimate of drug-likeness (QED) is 0.695. The van der Waals surface area contributed by atoms with Gasteiger partial charge in [-0.3, -0.25) is 0 Å². The molecule has 0 aliphatic carbocycles. The van der Waals surface area contributed by atoms with E-state index in [1.165, 1.54) is 5.56 Å². The molecule has 1 N–H and O–H groups in total. The predicted molar refractivity (Wildman–Crippen MR) is 120 cm³/mol. The minimum atomic E-state index is 0.0634. The van der Waals surface area contributed by atoms with E-state index in [2.05, 4.69) is 67.2 Å². The van der Waals surface area contributed by atoms with Crippen molar-refractivity contribution in [2.24, 2.45) is 13.0 Å². The molecule has 4 rings (SSSR count). The van der Waals surface area contributed by atoms with Gasteiger partial charge in [-0.1, -0.05) is 32.9 Å². The molecule has 156 valence electrons. The monoisotopic (exact) mass is 403 g/mol. The van der Waals surface area contributed by atoms with Gasteiger partial charge in [0.15, 0.2) is 11.5 Å². The van der Waals surface area contributed by atoms with E-state index in [1.807, 2.05) is 11.6 Å². The number of benzene rings is 1. The molecule has 1 aliphatic rings. The third-order valence-electron chi connectivity index (χ3n) is 5.88. The molecular formula is C23H29N7. The number of fused-ring (bicyclic) bond motifs is 1. The number of aryl methyl sites for hydroxylation is 2. The van der Waals surface area contributed by atoms with Crippen LogP contribution in [0.1, 0.15) is 44.7 Å². The largest absolute Gasteiger partial charge is 0.341 e. The van der Waals surface area contributed by atoms with Crippen LogP contribution < -0.4 is 10.2 Å². The molecule has 1 fully saturated rings. The van der Waals surface area contributed by atoms with Crippen molar-refractivity contribution in [2.75, 3.05) is 23.3 Å². The predicted octanol–water partition coefficient (Wildman–Crippen LogP) is 4.45. The highest BCUT2D eigenvalue weighted by Gasteiger charge is 2.23. The average molecular weight is 404 g/mol. The summed E-state index contributed by atoms with van der Waals surface area (Å²) < 4.78 is 1.95. The number of hydrogen-bond acceptors (Lipinski definition) is 6. The van der Waals surface area contributed by atoms with E-state index in [1.54, 1.807) is 6.33 Å². The fourth-order valence-corrected chi connectivity index (χ4v) is 3.83. The third-order valence-corrected chi connectivity index (χ3v) is 5.88. The summed E-state index contributed by atoms with van der Waals surface area (Å²) in [6.07, 6.45) is 3.46. The summed E-state index contributed by atoms with van der Waals surface area (Å²) in [5.41, 5.74) is 5.09. The zero-order valence-corrected chi connectivity index (χ0v) is 18.4. The highest BCUT2D eigenvalue weighted by molar-refractivity contribution is 5.87. The van der Waals surface area contributed by atoms with Gasteiger partial charge in [0, 0.05) is 31.7 Å². The highest BCUT2D eigenvalue weighted by Crippen LogP contribution is 2.31. The number of anilines is 3. The van der Waals surface area contributed by atoms with Crippen molar-refractivity contribution >= 4 is 28.6 Å². The van der Waals surface area contributed by atoms with Gasteiger partial charge in [-0.25, -0.2) is 4.98 Å². The Kier molecular flexibility index (Phi) is 5.10. The van der Waals surface area contributed by atoms with Crippen LogP contribution in [0.5, 0.6) is 0 Å². The number of hydrogen-bond donors (Lipinski definition) is 1. The molecule has 0 unspecified atom stereocenters. The maximum atomic E-state index is 9.18. The van der Waals surface area contributed by atoms with E-state index in [4.69, 9.17) is 9.97 Å². The van der Waals surface area contributed by atoms with Gasteiger partial charge in [-0.2, -0.15) is 15.2 Å². The van der Waals surface area contributed by atoms with Crippen LogP contribution in [-0.4, -0.2) is 32.6 Å². The highest BCUT2D eigenvalue weighted by atomic mass is 15.3. The lowest BCUT2D eigenvalue weighted by atomic mass is 9.86. The second-order valence-corrected chi connectivity index (χ2v) is 9.20. The normalized spacial score (nSPS) is 15.4. The Hall–Kier alpha value is -3.14. The molecule has 2 aromatic heterocycles. The molecule has 0 radical (unpaired) electrons. The number of nitrogens with one attached hydrogen (secondary N) is 1. The van der Waals surface area contributed by atoms with Crippen LogP contribution in [0.3, 0.4) is 0 Å². The molecule has 0 bridgehead atoms. The molecule has 0 amide bonds. The molecule has 30 heavy (non-hydrogen) atoms. The number of nitrogens with zero attached hydrogens (tertiary/aromatic N) is 6. The van der Waals surface area contributed by atoms with Crippen LogP contribution in [0.2, 0.25) is 0 Å². The Morgan fingerprint density at radius 1 is 1.17 bits per heavy atom. The summed E-state index contributed by atoms with van der Waals surface area (Å²) in [6, 6.07) is 8.92. The SMILES string of the molecule is Cc1ccc(C(C)(C)C)cc1Nc1nc(N2CCC(C#N)CC2)nc2ncn(C)c12. The zero-order chi connectivity index (χ0) is 21.5. The lowest BCUT2D eigenvalue weighted by molar-refractivity contribution is 0.482. The standard InChI is InChI=1S/C23H29N7/c1-15-6-7-17(23(2,3)4)12-18(15)26-21-19-20(25-14-29(19)5)27-22(28-21)30-10-8-16(13-24)9-11-30/h6-7,12,14,16H,8-11H2,1-5H3,(H,26,27,28). The Bertz CT molecular complexity index is 1110. The first-order chi connectivity index (χ1) is 14.3. The van der Waals surface area contributed by atoms with Crippen molar-refractivity contribution in [3.05, 3.63) is 35.7 Å². The minimum Gasteiger partial charge on any atom is -0.341 e. The molecule has 7 heteroatoms. The minimum absolute atomic E-state index is 0.0634. The number of piperidine rings is 1. The van der Waals surface area contributed by atoms with Crippen molar-refractivity contribution in [1.82, 2.24) is 19.5 Å². The van der Waals surface area contributed by atoms with Crippen molar-refractivity contribution < 1.29 is 0 Å². The van der Waals surface area contributed by atoms with Gasteiger partial charge in [0.2, 0.25) is 5.95 Å². The van der Waals surface area contributed by atoms with Gasteiger partial charge in [-0.05, 0) is 42.4 Å². The van der Waals surface area contributed by atoms with E-state index in [-0.39, 0.29) is 11.3 Å². The zero-order valence-electron chi connectivity index (χ0n) is 18.4.